The first kappa shape index (κ1) is 11.8. The Balaban J connectivity index is 1.95. The molecule has 0 aromatic heterocycles. The average molecular weight is 233 g/mol. The highest BCUT2D eigenvalue weighted by atomic mass is 16.5. The Hall–Kier alpha value is -1.68. The van der Waals surface area contributed by atoms with Crippen LogP contribution in [0.15, 0.2) is 24.3 Å². The predicted molar refractivity (Wildman–Crippen MR) is 64.0 cm³/mol. The van der Waals surface area contributed by atoms with Crippen LogP contribution in [-0.4, -0.2) is 24.4 Å². The highest BCUT2D eigenvalue weighted by Gasteiger charge is 2.27. The van der Waals surface area contributed by atoms with Crippen molar-refractivity contribution in [3.05, 3.63) is 29.8 Å². The van der Waals surface area contributed by atoms with Gasteiger partial charge in [0, 0.05) is 11.3 Å². The fourth-order valence-corrected chi connectivity index (χ4v) is 1.86. The van der Waals surface area contributed by atoms with Gasteiger partial charge in [0.05, 0.1) is 6.10 Å². The molecule has 0 bridgehead atoms. The number of benzene rings is 1. The second-order valence-corrected chi connectivity index (χ2v) is 4.24. The summed E-state index contributed by atoms with van der Waals surface area (Å²) in [7, 11) is 0. The molecule has 90 valence electrons. The molecule has 1 saturated heterocycles. The van der Waals surface area contributed by atoms with E-state index in [1.807, 2.05) is 6.92 Å². The van der Waals surface area contributed by atoms with E-state index in [1.165, 1.54) is 0 Å². The van der Waals surface area contributed by atoms with Crippen molar-refractivity contribution in [2.75, 3.05) is 5.32 Å². The topological polar surface area (TPSA) is 55.4 Å². The quantitative estimate of drug-likeness (QED) is 0.812. The Bertz CT molecular complexity index is 413. The number of aldehydes is 1. The number of carbonyl (C=O) groups is 2. The molecule has 2 atom stereocenters. The Morgan fingerprint density at radius 1 is 1.35 bits per heavy atom. The van der Waals surface area contributed by atoms with Gasteiger partial charge >= 0.3 is 0 Å². The lowest BCUT2D eigenvalue weighted by Crippen LogP contribution is -2.27. The van der Waals surface area contributed by atoms with Crippen LogP contribution in [0.3, 0.4) is 0 Å². The fraction of sp³-hybridized carbons (Fsp3) is 0.385. The minimum atomic E-state index is -0.351. The molecule has 1 heterocycles. The van der Waals surface area contributed by atoms with Gasteiger partial charge in [-0.05, 0) is 44.0 Å². The number of carbonyl (C=O) groups excluding carboxylic acids is 2. The first-order valence-corrected chi connectivity index (χ1v) is 5.70. The van der Waals surface area contributed by atoms with Crippen molar-refractivity contribution in [2.45, 2.75) is 32.0 Å². The van der Waals surface area contributed by atoms with Crippen molar-refractivity contribution in [1.82, 2.24) is 0 Å². The SMILES string of the molecule is CC1CCC(C(=O)Nc2ccc(C=O)cc2)O1. The van der Waals surface area contributed by atoms with Gasteiger partial charge in [0.1, 0.15) is 12.4 Å². The van der Waals surface area contributed by atoms with Crippen LogP contribution >= 0.6 is 0 Å². The monoisotopic (exact) mass is 233 g/mol. The molecule has 4 nitrogen and oxygen atoms in total. The highest BCUT2D eigenvalue weighted by molar-refractivity contribution is 5.94. The van der Waals surface area contributed by atoms with Crippen molar-refractivity contribution in [1.29, 1.82) is 0 Å². The lowest BCUT2D eigenvalue weighted by atomic mass is 10.2. The molecule has 17 heavy (non-hydrogen) atoms. The summed E-state index contributed by atoms with van der Waals surface area (Å²) in [5, 5.41) is 2.78. The maximum Gasteiger partial charge on any atom is 0.253 e. The number of rotatable bonds is 3. The summed E-state index contributed by atoms with van der Waals surface area (Å²) in [5.74, 6) is -0.117. The van der Waals surface area contributed by atoms with Crippen LogP contribution in [0.1, 0.15) is 30.1 Å². The molecular weight excluding hydrogens is 218 g/mol. The van der Waals surface area contributed by atoms with Gasteiger partial charge < -0.3 is 10.1 Å². The Labute approximate surface area is 100.0 Å². The Morgan fingerprint density at radius 3 is 2.59 bits per heavy atom. The number of nitrogens with one attached hydrogen (secondary N) is 1. The second-order valence-electron chi connectivity index (χ2n) is 4.24. The van der Waals surface area contributed by atoms with E-state index in [9.17, 15) is 9.59 Å². The van der Waals surface area contributed by atoms with Crippen LogP contribution < -0.4 is 5.32 Å². The molecule has 1 aliphatic heterocycles. The molecule has 0 saturated carbocycles. The van der Waals surface area contributed by atoms with Crippen LogP contribution in [0.2, 0.25) is 0 Å². The third-order valence-corrected chi connectivity index (χ3v) is 2.84. The van der Waals surface area contributed by atoms with Gasteiger partial charge in [0.15, 0.2) is 0 Å². The molecule has 1 fully saturated rings. The lowest BCUT2D eigenvalue weighted by Gasteiger charge is -2.11. The molecule has 4 heteroatoms. The third kappa shape index (κ3) is 2.91. The number of ether oxygens (including phenoxy) is 1. The molecule has 2 unspecified atom stereocenters. The molecule has 1 amide bonds. The third-order valence-electron chi connectivity index (χ3n) is 2.84. The van der Waals surface area contributed by atoms with Crippen molar-refractivity contribution in [2.24, 2.45) is 0 Å². The summed E-state index contributed by atoms with van der Waals surface area (Å²) in [6.07, 6.45) is 2.26. The summed E-state index contributed by atoms with van der Waals surface area (Å²) in [6.45, 7) is 1.96. The second kappa shape index (κ2) is 5.10. The zero-order valence-corrected chi connectivity index (χ0v) is 9.68. The number of anilines is 1. The van der Waals surface area contributed by atoms with Crippen LogP contribution in [-0.2, 0) is 9.53 Å². The number of amides is 1. The summed E-state index contributed by atoms with van der Waals surface area (Å²) in [4.78, 5) is 22.3. The zero-order chi connectivity index (χ0) is 12.3. The van der Waals surface area contributed by atoms with Gasteiger partial charge in [-0.2, -0.15) is 0 Å². The zero-order valence-electron chi connectivity index (χ0n) is 9.68. The van der Waals surface area contributed by atoms with E-state index < -0.39 is 0 Å². The van der Waals surface area contributed by atoms with Crippen LogP contribution in [0.25, 0.3) is 0 Å². The molecule has 1 N–H and O–H groups in total. The Morgan fingerprint density at radius 2 is 2.06 bits per heavy atom. The van der Waals surface area contributed by atoms with Gasteiger partial charge in [-0.25, -0.2) is 0 Å². The molecular formula is C13H15NO3. The van der Waals surface area contributed by atoms with Crippen molar-refractivity contribution in [3.63, 3.8) is 0 Å². The van der Waals surface area contributed by atoms with Gasteiger partial charge in [-0.1, -0.05) is 0 Å². The fourth-order valence-electron chi connectivity index (χ4n) is 1.86. The molecule has 2 rings (SSSR count). The van der Waals surface area contributed by atoms with E-state index in [2.05, 4.69) is 5.32 Å². The number of hydrogen-bond acceptors (Lipinski definition) is 3. The molecule has 0 spiro atoms. The average Bonchev–Trinajstić information content (AvgIpc) is 2.77. The summed E-state index contributed by atoms with van der Waals surface area (Å²) >= 11 is 0. The minimum absolute atomic E-state index is 0.117. The van der Waals surface area contributed by atoms with Gasteiger partial charge in [0.2, 0.25) is 0 Å². The first-order valence-electron chi connectivity index (χ1n) is 5.70. The lowest BCUT2D eigenvalue weighted by molar-refractivity contribution is -0.126. The van der Waals surface area contributed by atoms with Crippen molar-refractivity contribution >= 4 is 17.9 Å². The summed E-state index contributed by atoms with van der Waals surface area (Å²) in [6, 6.07) is 6.75. The maximum absolute atomic E-state index is 11.8. The summed E-state index contributed by atoms with van der Waals surface area (Å²) in [5.41, 5.74) is 1.28. The van der Waals surface area contributed by atoms with Crippen molar-refractivity contribution < 1.29 is 14.3 Å². The standard InChI is InChI=1S/C13H15NO3/c1-9-2-7-12(17-9)13(16)14-11-5-3-10(8-15)4-6-11/h3-6,8-9,12H,2,7H2,1H3,(H,14,16). The van der Waals surface area contributed by atoms with E-state index >= 15 is 0 Å². The van der Waals surface area contributed by atoms with Gasteiger partial charge in [0.25, 0.3) is 5.91 Å². The molecule has 1 aliphatic rings. The minimum Gasteiger partial charge on any atom is -0.365 e. The normalized spacial score (nSPS) is 23.4. The smallest absolute Gasteiger partial charge is 0.253 e. The van der Waals surface area contributed by atoms with E-state index in [1.54, 1.807) is 24.3 Å². The van der Waals surface area contributed by atoms with Crippen molar-refractivity contribution in [3.8, 4) is 0 Å². The molecule has 0 aliphatic carbocycles. The largest absolute Gasteiger partial charge is 0.365 e. The van der Waals surface area contributed by atoms with Crippen LogP contribution in [0.4, 0.5) is 5.69 Å². The Kier molecular flexibility index (Phi) is 3.54. The highest BCUT2D eigenvalue weighted by Crippen LogP contribution is 2.20. The molecule has 1 aromatic carbocycles. The summed E-state index contributed by atoms with van der Waals surface area (Å²) < 4.78 is 5.47. The van der Waals surface area contributed by atoms with E-state index in [0.717, 1.165) is 19.1 Å². The first-order chi connectivity index (χ1) is 8.19. The predicted octanol–water partition coefficient (Wildman–Crippen LogP) is 2.01. The van der Waals surface area contributed by atoms with Crippen LogP contribution in [0, 0.1) is 0 Å². The van der Waals surface area contributed by atoms with E-state index in [4.69, 9.17) is 4.74 Å². The van der Waals surface area contributed by atoms with E-state index in [-0.39, 0.29) is 18.1 Å². The molecule has 1 aromatic rings. The van der Waals surface area contributed by atoms with Gasteiger partial charge in [-0.15, -0.1) is 0 Å². The number of hydrogen-bond donors (Lipinski definition) is 1. The van der Waals surface area contributed by atoms with E-state index in [0.29, 0.717) is 11.3 Å². The maximum atomic E-state index is 11.8. The van der Waals surface area contributed by atoms with Crippen LogP contribution in [0.5, 0.6) is 0 Å². The van der Waals surface area contributed by atoms with Gasteiger partial charge in [-0.3, -0.25) is 9.59 Å². The molecule has 0 radical (unpaired) electrons.